The molecule has 4 aromatic carbocycles. The molecule has 0 aliphatic carbocycles. The largest absolute Gasteiger partial charge is 0.490 e. The number of hydrogen-bond acceptors (Lipinski definition) is 8. The maximum absolute atomic E-state index is 12.8. The first-order valence-corrected chi connectivity index (χ1v) is 16.6. The van der Waals surface area contributed by atoms with Crippen molar-refractivity contribution in [2.75, 3.05) is 23.8 Å². The number of amides is 2. The Hall–Kier alpha value is -5.00. The van der Waals surface area contributed by atoms with Gasteiger partial charge < -0.3 is 20.1 Å². The van der Waals surface area contributed by atoms with Crippen LogP contribution in [0.15, 0.2) is 93.8 Å². The van der Waals surface area contributed by atoms with Crippen LogP contribution in [0, 0.1) is 20.8 Å². The van der Waals surface area contributed by atoms with Gasteiger partial charge in [-0.05, 0) is 103 Å². The standard InChI is InChI=1S/C36H34BrN5O4S/c1-5-45-32-18-25(17-29(37)34(32)46-20-33(43)40-30-8-6-7-23(3)24(30)4)19-38-42-35(44)27-13-11-26(12-14-27)31-21-47-36(41-31)39-28-15-9-22(2)10-16-28/h6-19,21H,5,20H2,1-4H3,(H,39,41)(H,40,43)(H,42,44)/b38-19+. The first kappa shape index (κ1) is 33.4. The van der Waals surface area contributed by atoms with Gasteiger partial charge in [-0.1, -0.05) is 42.0 Å². The summed E-state index contributed by atoms with van der Waals surface area (Å²) in [6.07, 6.45) is 1.51. The topological polar surface area (TPSA) is 114 Å². The van der Waals surface area contributed by atoms with Crippen LogP contribution in [0.5, 0.6) is 11.5 Å². The van der Waals surface area contributed by atoms with Crippen molar-refractivity contribution in [3.63, 3.8) is 0 Å². The molecule has 0 saturated carbocycles. The smallest absolute Gasteiger partial charge is 0.271 e. The number of anilines is 3. The van der Waals surface area contributed by atoms with E-state index in [1.807, 2.05) is 87.7 Å². The number of nitrogens with zero attached hydrogens (tertiary/aromatic N) is 2. The predicted octanol–water partition coefficient (Wildman–Crippen LogP) is 8.42. The van der Waals surface area contributed by atoms with Crippen molar-refractivity contribution in [3.8, 4) is 22.8 Å². The number of thiazole rings is 1. The average Bonchev–Trinajstić information content (AvgIpc) is 3.52. The molecule has 47 heavy (non-hydrogen) atoms. The molecule has 11 heteroatoms. The first-order valence-electron chi connectivity index (χ1n) is 14.9. The normalized spacial score (nSPS) is 10.9. The number of halogens is 1. The van der Waals surface area contributed by atoms with Gasteiger partial charge in [0.1, 0.15) is 0 Å². The van der Waals surface area contributed by atoms with E-state index >= 15 is 0 Å². The molecule has 0 saturated heterocycles. The van der Waals surface area contributed by atoms with E-state index in [1.54, 1.807) is 24.3 Å². The molecule has 0 spiro atoms. The Bertz CT molecular complexity index is 1910. The van der Waals surface area contributed by atoms with Gasteiger partial charge in [0.2, 0.25) is 0 Å². The second-order valence-corrected chi connectivity index (χ2v) is 12.4. The molecule has 0 unspecified atom stereocenters. The van der Waals surface area contributed by atoms with E-state index in [0.29, 0.717) is 33.7 Å². The molecular formula is C36H34BrN5O4S. The number of ether oxygens (including phenoxy) is 2. The number of hydrogen-bond donors (Lipinski definition) is 3. The number of carbonyl (C=O) groups is 2. The van der Waals surface area contributed by atoms with Crippen LogP contribution < -0.4 is 25.5 Å². The minimum absolute atomic E-state index is 0.206. The van der Waals surface area contributed by atoms with Gasteiger partial charge in [-0.15, -0.1) is 11.3 Å². The number of hydrazone groups is 1. The molecule has 3 N–H and O–H groups in total. The number of aromatic nitrogens is 1. The Morgan fingerprint density at radius 1 is 0.979 bits per heavy atom. The maximum Gasteiger partial charge on any atom is 0.271 e. The van der Waals surface area contributed by atoms with E-state index < -0.39 is 0 Å². The predicted molar refractivity (Wildman–Crippen MR) is 192 cm³/mol. The van der Waals surface area contributed by atoms with Gasteiger partial charge in [0, 0.05) is 27.9 Å². The number of carbonyl (C=O) groups excluding carboxylic acids is 2. The molecule has 1 heterocycles. The van der Waals surface area contributed by atoms with Crippen molar-refractivity contribution in [2.45, 2.75) is 27.7 Å². The van der Waals surface area contributed by atoms with E-state index in [4.69, 9.17) is 9.47 Å². The van der Waals surface area contributed by atoms with Crippen LogP contribution in [-0.2, 0) is 4.79 Å². The summed E-state index contributed by atoms with van der Waals surface area (Å²) in [4.78, 5) is 30.1. The number of rotatable bonds is 12. The highest BCUT2D eigenvalue weighted by atomic mass is 79.9. The Kier molecular flexibility index (Phi) is 11.0. The summed E-state index contributed by atoms with van der Waals surface area (Å²) in [5.74, 6) is 0.180. The summed E-state index contributed by atoms with van der Waals surface area (Å²) in [7, 11) is 0. The van der Waals surface area contributed by atoms with Crippen LogP contribution in [0.4, 0.5) is 16.5 Å². The zero-order chi connectivity index (χ0) is 33.3. The first-order chi connectivity index (χ1) is 22.7. The summed E-state index contributed by atoms with van der Waals surface area (Å²) < 4.78 is 12.2. The lowest BCUT2D eigenvalue weighted by Gasteiger charge is -2.15. The van der Waals surface area contributed by atoms with Gasteiger partial charge in [0.25, 0.3) is 11.8 Å². The molecule has 0 atom stereocenters. The van der Waals surface area contributed by atoms with Crippen molar-refractivity contribution < 1.29 is 19.1 Å². The fourth-order valence-corrected chi connectivity index (χ4v) is 5.84. The third kappa shape index (κ3) is 8.84. The van der Waals surface area contributed by atoms with Crippen LogP contribution in [0.3, 0.4) is 0 Å². The fraction of sp³-hybridized carbons (Fsp3) is 0.167. The van der Waals surface area contributed by atoms with Gasteiger partial charge in [-0.3, -0.25) is 9.59 Å². The average molecular weight is 713 g/mol. The van der Waals surface area contributed by atoms with E-state index in [1.165, 1.54) is 23.1 Å². The van der Waals surface area contributed by atoms with Crippen LogP contribution in [0.2, 0.25) is 0 Å². The number of benzene rings is 4. The van der Waals surface area contributed by atoms with Crippen molar-refractivity contribution in [1.29, 1.82) is 0 Å². The minimum atomic E-state index is -0.355. The molecule has 240 valence electrons. The van der Waals surface area contributed by atoms with Crippen LogP contribution in [-0.4, -0.2) is 36.2 Å². The maximum atomic E-state index is 12.8. The summed E-state index contributed by atoms with van der Waals surface area (Å²) >= 11 is 5.03. The molecular weight excluding hydrogens is 678 g/mol. The molecule has 1 aromatic heterocycles. The zero-order valence-electron chi connectivity index (χ0n) is 26.4. The molecule has 9 nitrogen and oxygen atoms in total. The molecule has 5 aromatic rings. The fourth-order valence-electron chi connectivity index (χ4n) is 4.52. The summed E-state index contributed by atoms with van der Waals surface area (Å²) in [6.45, 7) is 8.03. The second-order valence-electron chi connectivity index (χ2n) is 10.7. The van der Waals surface area contributed by atoms with E-state index in [0.717, 1.165) is 38.9 Å². The second kappa shape index (κ2) is 15.5. The molecule has 0 fully saturated rings. The van der Waals surface area contributed by atoms with Crippen LogP contribution in [0.1, 0.15) is 39.5 Å². The van der Waals surface area contributed by atoms with Crippen LogP contribution in [0.25, 0.3) is 11.3 Å². The highest BCUT2D eigenvalue weighted by Crippen LogP contribution is 2.37. The minimum Gasteiger partial charge on any atom is -0.490 e. The van der Waals surface area contributed by atoms with Gasteiger partial charge in [0.05, 0.1) is 23.0 Å². The number of aryl methyl sites for hydroxylation is 2. The lowest BCUT2D eigenvalue weighted by Crippen LogP contribution is -2.21. The van der Waals surface area contributed by atoms with Crippen molar-refractivity contribution in [1.82, 2.24) is 10.4 Å². The molecule has 0 bridgehead atoms. The Morgan fingerprint density at radius 3 is 2.49 bits per heavy atom. The lowest BCUT2D eigenvalue weighted by atomic mass is 10.1. The molecule has 5 rings (SSSR count). The van der Waals surface area contributed by atoms with Gasteiger partial charge in [-0.2, -0.15) is 5.10 Å². The summed E-state index contributed by atoms with van der Waals surface area (Å²) in [5.41, 5.74) is 10.4. The van der Waals surface area contributed by atoms with E-state index in [2.05, 4.69) is 42.1 Å². The number of nitrogens with one attached hydrogen (secondary N) is 3. The van der Waals surface area contributed by atoms with Crippen molar-refractivity contribution in [3.05, 3.63) is 117 Å². The monoisotopic (exact) mass is 711 g/mol. The SMILES string of the molecule is CCOc1cc(/C=N/NC(=O)c2ccc(-c3csc(Nc4ccc(C)cc4)n3)cc2)cc(Br)c1OCC(=O)Nc1cccc(C)c1C. The summed E-state index contributed by atoms with van der Waals surface area (Å²) in [5, 5.41) is 13.1. The molecule has 2 amide bonds. The third-order valence-corrected chi connectivity index (χ3v) is 8.53. The quantitative estimate of drug-likeness (QED) is 0.0885. The molecule has 0 aliphatic heterocycles. The third-order valence-electron chi connectivity index (χ3n) is 7.19. The van der Waals surface area contributed by atoms with Crippen molar-refractivity contribution >= 4 is 61.8 Å². The van der Waals surface area contributed by atoms with E-state index in [-0.39, 0.29) is 18.4 Å². The highest BCUT2D eigenvalue weighted by molar-refractivity contribution is 9.10. The lowest BCUT2D eigenvalue weighted by molar-refractivity contribution is -0.118. The molecule has 0 aliphatic rings. The highest BCUT2D eigenvalue weighted by Gasteiger charge is 2.15. The van der Waals surface area contributed by atoms with Gasteiger partial charge in [-0.25, -0.2) is 10.4 Å². The van der Waals surface area contributed by atoms with Crippen molar-refractivity contribution in [2.24, 2.45) is 5.10 Å². The summed E-state index contributed by atoms with van der Waals surface area (Å²) in [6, 6.07) is 24.5. The van der Waals surface area contributed by atoms with E-state index in [9.17, 15) is 9.59 Å². The van der Waals surface area contributed by atoms with Gasteiger partial charge >= 0.3 is 0 Å². The Labute approximate surface area is 286 Å². The zero-order valence-corrected chi connectivity index (χ0v) is 28.8. The Balaban J connectivity index is 1.17. The Morgan fingerprint density at radius 2 is 1.74 bits per heavy atom. The van der Waals surface area contributed by atoms with Gasteiger partial charge in [0.15, 0.2) is 23.2 Å². The molecule has 0 radical (unpaired) electrons. The van der Waals surface area contributed by atoms with Crippen LogP contribution >= 0.6 is 27.3 Å².